The van der Waals surface area contributed by atoms with E-state index in [-0.39, 0.29) is 23.5 Å². The first-order valence-corrected chi connectivity index (χ1v) is 10.6. The van der Waals surface area contributed by atoms with Crippen molar-refractivity contribution in [1.82, 2.24) is 20.1 Å². The second-order valence-corrected chi connectivity index (χ2v) is 8.45. The topological polar surface area (TPSA) is 59.8 Å². The predicted octanol–water partition coefficient (Wildman–Crippen LogP) is 3.89. The van der Waals surface area contributed by atoms with Gasteiger partial charge in [-0.25, -0.2) is 4.39 Å². The minimum absolute atomic E-state index is 0.0984. The number of carbonyl (C=O) groups excluding carboxylic acids is 1. The summed E-state index contributed by atoms with van der Waals surface area (Å²) in [5.41, 5.74) is 0.854. The summed E-state index contributed by atoms with van der Waals surface area (Å²) >= 11 is 2.94. The Bertz CT molecular complexity index is 920. The molecule has 3 aromatic rings. The van der Waals surface area contributed by atoms with Crippen LogP contribution >= 0.6 is 23.1 Å². The molecule has 2 heterocycles. The van der Waals surface area contributed by atoms with E-state index in [4.69, 9.17) is 0 Å². The second kappa shape index (κ2) is 7.82. The van der Waals surface area contributed by atoms with E-state index in [1.807, 2.05) is 29.1 Å². The molecule has 4 rings (SSSR count). The number of hydrogen-bond donors (Lipinski definition) is 1. The highest BCUT2D eigenvalue weighted by Crippen LogP contribution is 2.39. The lowest BCUT2D eigenvalue weighted by atomic mass is 10.1. The second-order valence-electron chi connectivity index (χ2n) is 6.53. The molecule has 0 aliphatic heterocycles. The monoisotopic (exact) mass is 402 g/mol. The average molecular weight is 403 g/mol. The first-order chi connectivity index (χ1) is 13.1. The highest BCUT2D eigenvalue weighted by molar-refractivity contribution is 7.99. The fourth-order valence-electron chi connectivity index (χ4n) is 2.91. The van der Waals surface area contributed by atoms with Crippen molar-refractivity contribution in [2.45, 2.75) is 30.0 Å². The number of amides is 1. The highest BCUT2D eigenvalue weighted by Gasteiger charge is 2.29. The van der Waals surface area contributed by atoms with Gasteiger partial charge in [-0.05, 0) is 42.0 Å². The zero-order valence-electron chi connectivity index (χ0n) is 14.8. The van der Waals surface area contributed by atoms with Gasteiger partial charge in [-0.15, -0.1) is 21.5 Å². The number of aromatic nitrogens is 3. The molecule has 0 saturated heterocycles. The maximum absolute atomic E-state index is 13.3. The van der Waals surface area contributed by atoms with E-state index < -0.39 is 0 Å². The first-order valence-electron chi connectivity index (χ1n) is 8.72. The number of benzene rings is 1. The summed E-state index contributed by atoms with van der Waals surface area (Å²) < 4.78 is 15.2. The zero-order chi connectivity index (χ0) is 18.8. The van der Waals surface area contributed by atoms with Crippen molar-refractivity contribution in [1.29, 1.82) is 0 Å². The van der Waals surface area contributed by atoms with Crippen LogP contribution in [-0.2, 0) is 11.8 Å². The molecule has 5 nitrogen and oxygen atoms in total. The average Bonchev–Trinajstić information content (AvgIpc) is 3.22. The van der Waals surface area contributed by atoms with Crippen LogP contribution in [0.4, 0.5) is 4.39 Å². The third-order valence-electron chi connectivity index (χ3n) is 4.48. The van der Waals surface area contributed by atoms with Gasteiger partial charge in [0.25, 0.3) is 0 Å². The summed E-state index contributed by atoms with van der Waals surface area (Å²) in [6.07, 6.45) is 2.33. The van der Waals surface area contributed by atoms with E-state index in [1.165, 1.54) is 23.9 Å². The molecule has 2 aromatic heterocycles. The number of hydrogen-bond acceptors (Lipinski definition) is 5. The molecule has 1 aromatic carbocycles. The Balaban J connectivity index is 1.43. The third-order valence-corrected chi connectivity index (χ3v) is 6.44. The van der Waals surface area contributed by atoms with Crippen molar-refractivity contribution in [3.05, 3.63) is 63.9 Å². The van der Waals surface area contributed by atoms with Gasteiger partial charge in [0, 0.05) is 17.8 Å². The molecule has 1 N–H and O–H groups in total. The first kappa shape index (κ1) is 18.2. The molecule has 1 aliphatic rings. The van der Waals surface area contributed by atoms with Crippen LogP contribution in [0.25, 0.3) is 0 Å². The maximum Gasteiger partial charge on any atom is 0.231 e. The van der Waals surface area contributed by atoms with E-state index in [1.54, 1.807) is 23.5 Å². The Morgan fingerprint density at radius 3 is 2.78 bits per heavy atom. The molecule has 0 radical (unpaired) electrons. The van der Waals surface area contributed by atoms with E-state index in [9.17, 15) is 9.18 Å². The molecule has 0 spiro atoms. The van der Waals surface area contributed by atoms with Crippen molar-refractivity contribution >= 4 is 29.0 Å². The van der Waals surface area contributed by atoms with Crippen LogP contribution in [0.15, 0.2) is 46.9 Å². The van der Waals surface area contributed by atoms with Gasteiger partial charge in [-0.3, -0.25) is 4.79 Å². The van der Waals surface area contributed by atoms with Gasteiger partial charge in [0.05, 0.1) is 11.8 Å². The molecule has 1 amide bonds. The molecule has 27 heavy (non-hydrogen) atoms. The molecular formula is C19H19FN4OS2. The van der Waals surface area contributed by atoms with Crippen molar-refractivity contribution in [3.63, 3.8) is 0 Å². The SMILES string of the molecule is Cn1c(SCC(=O)N[C@@H](c2ccc(F)cc2)c2cccs2)nnc1C1CC1. The smallest absolute Gasteiger partial charge is 0.231 e. The van der Waals surface area contributed by atoms with Crippen LogP contribution in [0, 0.1) is 5.82 Å². The van der Waals surface area contributed by atoms with Crippen molar-refractivity contribution in [2.75, 3.05) is 5.75 Å². The summed E-state index contributed by atoms with van der Waals surface area (Å²) in [5.74, 6) is 1.38. The molecule has 1 atom stereocenters. The summed E-state index contributed by atoms with van der Waals surface area (Å²) in [6, 6.07) is 9.86. The summed E-state index contributed by atoms with van der Waals surface area (Å²) in [7, 11) is 1.95. The van der Waals surface area contributed by atoms with Crippen LogP contribution in [0.1, 0.15) is 41.1 Å². The Morgan fingerprint density at radius 2 is 2.11 bits per heavy atom. The number of carbonyl (C=O) groups is 1. The molecule has 140 valence electrons. The number of thiophene rings is 1. The molecule has 0 bridgehead atoms. The number of thioether (sulfide) groups is 1. The lowest BCUT2D eigenvalue weighted by molar-refractivity contribution is -0.119. The zero-order valence-corrected chi connectivity index (χ0v) is 16.4. The van der Waals surface area contributed by atoms with Crippen molar-refractivity contribution < 1.29 is 9.18 Å². The summed E-state index contributed by atoms with van der Waals surface area (Å²) in [6.45, 7) is 0. The van der Waals surface area contributed by atoms with Crippen LogP contribution in [0.3, 0.4) is 0 Å². The molecule has 1 saturated carbocycles. The van der Waals surface area contributed by atoms with E-state index in [2.05, 4.69) is 15.5 Å². The van der Waals surface area contributed by atoms with Gasteiger partial charge in [-0.1, -0.05) is 30.0 Å². The highest BCUT2D eigenvalue weighted by atomic mass is 32.2. The minimum Gasteiger partial charge on any atom is -0.344 e. The lowest BCUT2D eigenvalue weighted by Crippen LogP contribution is -2.30. The van der Waals surface area contributed by atoms with Crippen molar-refractivity contribution in [3.8, 4) is 0 Å². The van der Waals surface area contributed by atoms with Gasteiger partial charge in [0.2, 0.25) is 5.91 Å². The fourth-order valence-corrected chi connectivity index (χ4v) is 4.44. The molecule has 8 heteroatoms. The van der Waals surface area contributed by atoms with Gasteiger partial charge in [0.1, 0.15) is 11.6 Å². The van der Waals surface area contributed by atoms with Crippen LogP contribution in [0.2, 0.25) is 0 Å². The van der Waals surface area contributed by atoms with E-state index >= 15 is 0 Å². The van der Waals surface area contributed by atoms with E-state index in [0.29, 0.717) is 5.92 Å². The predicted molar refractivity (Wildman–Crippen MR) is 104 cm³/mol. The van der Waals surface area contributed by atoms with Gasteiger partial charge >= 0.3 is 0 Å². The molecule has 0 unspecified atom stereocenters. The Hall–Kier alpha value is -2.19. The Kier molecular flexibility index (Phi) is 5.27. The van der Waals surface area contributed by atoms with E-state index in [0.717, 1.165) is 34.3 Å². The molecule has 1 fully saturated rings. The van der Waals surface area contributed by atoms with Gasteiger partial charge < -0.3 is 9.88 Å². The number of rotatable bonds is 7. The number of nitrogens with one attached hydrogen (secondary N) is 1. The third kappa shape index (κ3) is 4.22. The van der Waals surface area contributed by atoms with Gasteiger partial charge in [-0.2, -0.15) is 0 Å². The van der Waals surface area contributed by atoms with Crippen molar-refractivity contribution in [2.24, 2.45) is 7.05 Å². The quantitative estimate of drug-likeness (QED) is 0.609. The number of halogens is 1. The lowest BCUT2D eigenvalue weighted by Gasteiger charge is -2.18. The Morgan fingerprint density at radius 1 is 1.33 bits per heavy atom. The molecule has 1 aliphatic carbocycles. The van der Waals surface area contributed by atoms with Crippen LogP contribution in [0.5, 0.6) is 0 Å². The Labute approximate surface area is 165 Å². The van der Waals surface area contributed by atoms with Gasteiger partial charge in [0.15, 0.2) is 5.16 Å². The van der Waals surface area contributed by atoms with Crippen LogP contribution < -0.4 is 5.32 Å². The standard InChI is InChI=1S/C19H19FN4OS2/c1-24-18(13-4-5-13)22-23-19(24)27-11-16(25)21-17(15-3-2-10-26-15)12-6-8-14(20)9-7-12/h2-3,6-10,13,17H,4-5,11H2,1H3,(H,21,25)/t17-/m0/s1. The summed E-state index contributed by atoms with van der Waals surface area (Å²) in [5, 5.41) is 14.2. The normalized spacial score (nSPS) is 14.9. The maximum atomic E-state index is 13.3. The fraction of sp³-hybridized carbons (Fsp3) is 0.316. The summed E-state index contributed by atoms with van der Waals surface area (Å²) in [4.78, 5) is 13.6. The number of nitrogens with zero attached hydrogens (tertiary/aromatic N) is 3. The minimum atomic E-state index is -0.292. The molecular weight excluding hydrogens is 383 g/mol. The largest absolute Gasteiger partial charge is 0.344 e. The van der Waals surface area contributed by atoms with Crippen LogP contribution in [-0.4, -0.2) is 26.4 Å².